The number of hydrogen-bond donors (Lipinski definition) is 3. The van der Waals surface area contributed by atoms with Crippen LogP contribution in [0.4, 0.5) is 5.69 Å². The summed E-state index contributed by atoms with van der Waals surface area (Å²) in [7, 11) is -3.78. The maximum absolute atomic E-state index is 12.6. The fraction of sp³-hybridized carbons (Fsp3) is 0.316. The van der Waals surface area contributed by atoms with E-state index in [-0.39, 0.29) is 10.8 Å². The summed E-state index contributed by atoms with van der Waals surface area (Å²) in [5, 5.41) is 2.77. The van der Waals surface area contributed by atoms with Crippen LogP contribution < -0.4 is 15.8 Å². The van der Waals surface area contributed by atoms with Gasteiger partial charge in [-0.25, -0.2) is 8.42 Å². The van der Waals surface area contributed by atoms with Crippen LogP contribution in [0.5, 0.6) is 0 Å². The molecule has 0 aliphatic rings. The highest BCUT2D eigenvalue weighted by atomic mass is 32.2. The van der Waals surface area contributed by atoms with Crippen molar-refractivity contribution in [1.29, 1.82) is 0 Å². The predicted molar refractivity (Wildman–Crippen MR) is 103 cm³/mol. The molecule has 6 nitrogen and oxygen atoms in total. The lowest BCUT2D eigenvalue weighted by Gasteiger charge is -2.18. The Kier molecular flexibility index (Phi) is 7.32. The van der Waals surface area contributed by atoms with E-state index >= 15 is 0 Å². The second-order valence-corrected chi connectivity index (χ2v) is 7.84. The molecule has 0 heterocycles. The first-order valence-electron chi connectivity index (χ1n) is 8.57. The van der Waals surface area contributed by atoms with Crippen molar-refractivity contribution in [2.24, 2.45) is 5.73 Å². The normalized spacial score (nSPS) is 12.5. The van der Waals surface area contributed by atoms with E-state index in [9.17, 15) is 13.2 Å². The van der Waals surface area contributed by atoms with Gasteiger partial charge in [-0.1, -0.05) is 42.3 Å². The highest BCUT2D eigenvalue weighted by molar-refractivity contribution is 7.89. The van der Waals surface area contributed by atoms with Gasteiger partial charge in [-0.3, -0.25) is 4.79 Å². The first-order chi connectivity index (χ1) is 12.4. The maximum Gasteiger partial charge on any atom is 0.242 e. The molecule has 0 saturated carbocycles. The van der Waals surface area contributed by atoms with E-state index in [1.165, 1.54) is 12.1 Å². The largest absolute Gasteiger partial charge is 0.330 e. The SMILES string of the molecule is Cc1ccc(NC(=O)[C@H](CCCCN)NS(=O)(=O)c2ccccc2)cc1. The van der Waals surface area contributed by atoms with Crippen LogP contribution in [0, 0.1) is 6.92 Å². The van der Waals surface area contributed by atoms with Crippen LogP contribution in [0.2, 0.25) is 0 Å². The number of aryl methyl sites for hydroxylation is 1. The number of unbranched alkanes of at least 4 members (excludes halogenated alkanes) is 1. The van der Waals surface area contributed by atoms with Gasteiger partial charge in [0.05, 0.1) is 4.90 Å². The Morgan fingerprint density at radius 1 is 1.04 bits per heavy atom. The summed E-state index contributed by atoms with van der Waals surface area (Å²) in [6.45, 7) is 2.45. The van der Waals surface area contributed by atoms with Gasteiger partial charge in [-0.05, 0) is 50.6 Å². The molecule has 0 radical (unpaired) electrons. The van der Waals surface area contributed by atoms with E-state index in [0.29, 0.717) is 25.1 Å². The maximum atomic E-state index is 12.6. The molecule has 0 spiro atoms. The first-order valence-corrected chi connectivity index (χ1v) is 10.1. The summed E-state index contributed by atoms with van der Waals surface area (Å²) in [6, 6.07) is 14.5. The van der Waals surface area contributed by atoms with Crippen LogP contribution in [-0.2, 0) is 14.8 Å². The van der Waals surface area contributed by atoms with Crippen molar-refractivity contribution in [2.45, 2.75) is 37.1 Å². The monoisotopic (exact) mass is 375 g/mol. The molecule has 26 heavy (non-hydrogen) atoms. The molecule has 0 aliphatic heterocycles. The number of anilines is 1. The Morgan fingerprint density at radius 2 is 1.69 bits per heavy atom. The van der Waals surface area contributed by atoms with Crippen molar-refractivity contribution in [1.82, 2.24) is 4.72 Å². The highest BCUT2D eigenvalue weighted by Gasteiger charge is 2.25. The van der Waals surface area contributed by atoms with Crippen LogP contribution in [0.1, 0.15) is 24.8 Å². The van der Waals surface area contributed by atoms with E-state index < -0.39 is 16.1 Å². The third-order valence-electron chi connectivity index (χ3n) is 3.93. The molecule has 4 N–H and O–H groups in total. The minimum atomic E-state index is -3.78. The number of hydrogen-bond acceptors (Lipinski definition) is 4. The van der Waals surface area contributed by atoms with Gasteiger partial charge in [0.15, 0.2) is 0 Å². The lowest BCUT2D eigenvalue weighted by atomic mass is 10.1. The standard InChI is InChI=1S/C19H25N3O3S/c1-15-10-12-16(13-11-15)21-19(23)18(9-5-6-14-20)22-26(24,25)17-7-3-2-4-8-17/h2-4,7-8,10-13,18,22H,5-6,9,14,20H2,1H3,(H,21,23)/t18-/m0/s1. The molecular formula is C19H25N3O3S. The molecule has 0 saturated heterocycles. The van der Waals surface area contributed by atoms with Crippen molar-refractivity contribution in [2.75, 3.05) is 11.9 Å². The number of carbonyl (C=O) groups is 1. The van der Waals surface area contributed by atoms with Gasteiger partial charge >= 0.3 is 0 Å². The number of benzene rings is 2. The zero-order chi connectivity index (χ0) is 19.0. The molecule has 2 rings (SSSR count). The fourth-order valence-electron chi connectivity index (χ4n) is 2.46. The molecule has 0 aliphatic carbocycles. The van der Waals surface area contributed by atoms with E-state index in [1.54, 1.807) is 30.3 Å². The molecule has 0 unspecified atom stereocenters. The zero-order valence-corrected chi connectivity index (χ0v) is 15.6. The van der Waals surface area contributed by atoms with Crippen LogP contribution in [0.3, 0.4) is 0 Å². The summed E-state index contributed by atoms with van der Waals surface area (Å²) >= 11 is 0. The predicted octanol–water partition coefficient (Wildman–Crippen LogP) is 2.41. The minimum absolute atomic E-state index is 0.131. The molecule has 2 aromatic rings. The van der Waals surface area contributed by atoms with Crippen molar-refractivity contribution in [3.05, 3.63) is 60.2 Å². The first kappa shape index (κ1) is 20.1. The van der Waals surface area contributed by atoms with Gasteiger partial charge < -0.3 is 11.1 Å². The number of nitrogens with one attached hydrogen (secondary N) is 2. The summed E-state index contributed by atoms with van der Waals surface area (Å²) in [5.74, 6) is -0.384. The smallest absolute Gasteiger partial charge is 0.242 e. The molecule has 0 bridgehead atoms. The third kappa shape index (κ3) is 5.94. The fourth-order valence-corrected chi connectivity index (χ4v) is 3.71. The summed E-state index contributed by atoms with van der Waals surface area (Å²) in [5.41, 5.74) is 7.21. The number of rotatable bonds is 9. The van der Waals surface area contributed by atoms with Gasteiger partial charge in [-0.2, -0.15) is 4.72 Å². The number of nitrogens with two attached hydrogens (primary N) is 1. The van der Waals surface area contributed by atoms with Crippen LogP contribution >= 0.6 is 0 Å². The Bertz CT molecular complexity index is 806. The summed E-state index contributed by atoms with van der Waals surface area (Å²) in [4.78, 5) is 12.8. The number of amides is 1. The van der Waals surface area contributed by atoms with E-state index in [0.717, 1.165) is 12.0 Å². The van der Waals surface area contributed by atoms with Crippen molar-refractivity contribution in [3.8, 4) is 0 Å². The molecule has 7 heteroatoms. The minimum Gasteiger partial charge on any atom is -0.330 e. The lowest BCUT2D eigenvalue weighted by molar-refractivity contribution is -0.117. The summed E-state index contributed by atoms with van der Waals surface area (Å²) in [6.07, 6.45) is 1.75. The molecule has 2 aromatic carbocycles. The summed E-state index contributed by atoms with van der Waals surface area (Å²) < 4.78 is 27.6. The van der Waals surface area contributed by atoms with Crippen LogP contribution in [-0.4, -0.2) is 26.9 Å². The van der Waals surface area contributed by atoms with E-state index in [2.05, 4.69) is 10.0 Å². The van der Waals surface area contributed by atoms with Crippen molar-refractivity contribution < 1.29 is 13.2 Å². The Hall–Kier alpha value is -2.22. The topological polar surface area (TPSA) is 101 Å². The average Bonchev–Trinajstić information content (AvgIpc) is 2.63. The third-order valence-corrected chi connectivity index (χ3v) is 5.42. The lowest BCUT2D eigenvalue weighted by Crippen LogP contribution is -2.43. The van der Waals surface area contributed by atoms with Crippen molar-refractivity contribution in [3.63, 3.8) is 0 Å². The number of sulfonamides is 1. The van der Waals surface area contributed by atoms with Gasteiger partial charge in [0.25, 0.3) is 0 Å². The average molecular weight is 375 g/mol. The Labute approximate surface area is 154 Å². The Morgan fingerprint density at radius 3 is 2.31 bits per heavy atom. The van der Waals surface area contributed by atoms with Crippen LogP contribution in [0.25, 0.3) is 0 Å². The second-order valence-electron chi connectivity index (χ2n) is 6.13. The molecule has 0 fully saturated rings. The zero-order valence-electron chi connectivity index (χ0n) is 14.8. The highest BCUT2D eigenvalue weighted by Crippen LogP contribution is 2.14. The van der Waals surface area contributed by atoms with Gasteiger partial charge in [-0.15, -0.1) is 0 Å². The van der Waals surface area contributed by atoms with Crippen LogP contribution in [0.15, 0.2) is 59.5 Å². The second kappa shape index (κ2) is 9.47. The van der Waals surface area contributed by atoms with Gasteiger partial charge in [0.1, 0.15) is 6.04 Å². The van der Waals surface area contributed by atoms with Gasteiger partial charge in [0.2, 0.25) is 15.9 Å². The number of carbonyl (C=O) groups excluding carboxylic acids is 1. The molecular weight excluding hydrogens is 350 g/mol. The van der Waals surface area contributed by atoms with E-state index in [1.807, 2.05) is 19.1 Å². The van der Waals surface area contributed by atoms with Gasteiger partial charge in [0, 0.05) is 5.69 Å². The molecule has 0 aromatic heterocycles. The quantitative estimate of drug-likeness (QED) is 0.586. The van der Waals surface area contributed by atoms with E-state index in [4.69, 9.17) is 5.73 Å². The van der Waals surface area contributed by atoms with Crippen molar-refractivity contribution >= 4 is 21.6 Å². The molecule has 140 valence electrons. The molecule has 1 amide bonds. The Balaban J connectivity index is 2.14. The molecule has 1 atom stereocenters.